The third-order valence-electron chi connectivity index (χ3n) is 6.10. The Morgan fingerprint density at radius 1 is 1.14 bits per heavy atom. The Bertz CT molecular complexity index is 1240. The number of hydrogen-bond donors (Lipinski definition) is 0. The maximum absolute atomic E-state index is 15.2. The molecule has 1 aliphatic heterocycles. The third kappa shape index (κ3) is 5.81. The molecule has 0 saturated carbocycles. The maximum atomic E-state index is 15.2. The Morgan fingerprint density at radius 2 is 1.83 bits per heavy atom. The zero-order valence-corrected chi connectivity index (χ0v) is 20.5. The Morgan fingerprint density at radius 3 is 2.43 bits per heavy atom. The number of anilines is 1. The van der Waals surface area contributed by atoms with Crippen LogP contribution in [0.1, 0.15) is 29.7 Å². The monoisotopic (exact) mass is 528 g/mol. The first-order valence-electron chi connectivity index (χ1n) is 10.9. The van der Waals surface area contributed by atoms with E-state index in [4.69, 9.17) is 0 Å². The summed E-state index contributed by atoms with van der Waals surface area (Å²) < 4.78 is 82.4. The number of aromatic nitrogens is 2. The second-order valence-corrected chi connectivity index (χ2v) is 11.1. The average molecular weight is 529 g/mol. The van der Waals surface area contributed by atoms with Gasteiger partial charge in [-0.15, -0.1) is 11.3 Å². The van der Waals surface area contributed by atoms with Gasteiger partial charge in [0.05, 0.1) is 28.8 Å². The number of halogens is 4. The van der Waals surface area contributed by atoms with Crippen molar-refractivity contribution in [3.05, 3.63) is 70.1 Å². The first-order chi connectivity index (χ1) is 16.6. The molecule has 0 atom stereocenters. The van der Waals surface area contributed by atoms with Crippen molar-refractivity contribution in [1.82, 2.24) is 14.9 Å². The first-order valence-corrected chi connectivity index (χ1v) is 13.5. The maximum Gasteiger partial charge on any atom is 0.421 e. The number of hydrogen-bond acceptors (Lipinski definition) is 7. The highest BCUT2D eigenvalue weighted by atomic mass is 32.2. The highest BCUT2D eigenvalue weighted by molar-refractivity contribution is 7.90. The summed E-state index contributed by atoms with van der Waals surface area (Å²) in [6, 6.07) is 9.61. The number of pyridine rings is 1. The van der Waals surface area contributed by atoms with Crippen LogP contribution in [0.2, 0.25) is 0 Å². The van der Waals surface area contributed by atoms with Crippen LogP contribution in [0.5, 0.6) is 0 Å². The molecule has 3 heterocycles. The van der Waals surface area contributed by atoms with Crippen molar-refractivity contribution < 1.29 is 26.0 Å². The molecule has 1 aromatic carbocycles. The molecular formula is C23H24F4N4O2S2. The number of sulfone groups is 1. The highest BCUT2D eigenvalue weighted by Crippen LogP contribution is 2.41. The van der Waals surface area contributed by atoms with E-state index in [1.54, 1.807) is 0 Å². The van der Waals surface area contributed by atoms with E-state index in [1.165, 1.54) is 22.8 Å². The van der Waals surface area contributed by atoms with Crippen LogP contribution in [0, 0.1) is 5.82 Å². The highest BCUT2D eigenvalue weighted by Gasteiger charge is 2.42. The standard InChI is InChI=1S/C23H24F4N4O2S2/c1-30(18-7-9-31(10-8-18)12-16-5-3-2-4-6-16)19-11-28-22(21(24)20(19)23(25,26)27)35(32,33)14-17-13-34-15-29-17/h2-6,11,13,15,18H,7-10,12,14H2,1H3. The molecule has 0 amide bonds. The molecule has 1 aliphatic rings. The van der Waals surface area contributed by atoms with Gasteiger partial charge in [-0.1, -0.05) is 30.3 Å². The Labute approximate surface area is 205 Å². The van der Waals surface area contributed by atoms with Gasteiger partial charge < -0.3 is 4.90 Å². The van der Waals surface area contributed by atoms with Crippen LogP contribution in [0.25, 0.3) is 0 Å². The summed E-state index contributed by atoms with van der Waals surface area (Å²) in [5, 5.41) is 0.222. The van der Waals surface area contributed by atoms with Gasteiger partial charge in [0.2, 0.25) is 9.84 Å². The van der Waals surface area contributed by atoms with Gasteiger partial charge in [0.25, 0.3) is 0 Å². The normalized spacial score (nSPS) is 15.9. The van der Waals surface area contributed by atoms with Crippen LogP contribution >= 0.6 is 11.3 Å². The molecular weight excluding hydrogens is 504 g/mol. The quantitative estimate of drug-likeness (QED) is 0.412. The van der Waals surface area contributed by atoms with Crippen molar-refractivity contribution in [3.63, 3.8) is 0 Å². The van der Waals surface area contributed by atoms with E-state index < -0.39 is 43.9 Å². The lowest BCUT2D eigenvalue weighted by Crippen LogP contribution is -2.43. The molecule has 1 saturated heterocycles. The predicted octanol–water partition coefficient (Wildman–Crippen LogP) is 4.77. The van der Waals surface area contributed by atoms with Crippen LogP contribution in [0.3, 0.4) is 0 Å². The van der Waals surface area contributed by atoms with Gasteiger partial charge in [0.1, 0.15) is 5.56 Å². The first kappa shape index (κ1) is 25.5. The summed E-state index contributed by atoms with van der Waals surface area (Å²) in [6.45, 7) is 2.08. The molecule has 0 spiro atoms. The molecule has 1 fully saturated rings. The summed E-state index contributed by atoms with van der Waals surface area (Å²) in [7, 11) is -3.00. The molecule has 0 aliphatic carbocycles. The van der Waals surface area contributed by atoms with Crippen molar-refractivity contribution >= 4 is 26.9 Å². The van der Waals surface area contributed by atoms with E-state index in [-0.39, 0.29) is 11.7 Å². The average Bonchev–Trinajstić information content (AvgIpc) is 3.31. The Balaban J connectivity index is 1.56. The number of benzene rings is 1. The fourth-order valence-corrected chi connectivity index (χ4v) is 6.23. The molecule has 4 rings (SSSR count). The summed E-state index contributed by atoms with van der Waals surface area (Å²) in [4.78, 5) is 11.1. The minimum atomic E-state index is -5.10. The van der Waals surface area contributed by atoms with Crippen LogP contribution in [-0.4, -0.2) is 49.5 Å². The lowest BCUT2D eigenvalue weighted by Gasteiger charge is -2.38. The number of alkyl halides is 3. The van der Waals surface area contributed by atoms with E-state index >= 15 is 4.39 Å². The van der Waals surface area contributed by atoms with Gasteiger partial charge in [0, 0.05) is 38.1 Å². The molecule has 3 aromatic rings. The second-order valence-electron chi connectivity index (χ2n) is 8.48. The summed E-state index contributed by atoms with van der Waals surface area (Å²) in [6.07, 6.45) is -3.13. The minimum absolute atomic E-state index is 0.119. The zero-order valence-electron chi connectivity index (χ0n) is 18.9. The van der Waals surface area contributed by atoms with Gasteiger partial charge >= 0.3 is 6.18 Å². The molecule has 0 unspecified atom stereocenters. The van der Waals surface area contributed by atoms with Crippen molar-refractivity contribution in [2.75, 3.05) is 25.0 Å². The minimum Gasteiger partial charge on any atom is -0.370 e. The number of likely N-dealkylation sites (tertiary alicyclic amines) is 1. The van der Waals surface area contributed by atoms with Gasteiger partial charge in [-0.3, -0.25) is 4.90 Å². The topological polar surface area (TPSA) is 66.4 Å². The number of thiazole rings is 1. The van der Waals surface area contributed by atoms with Crippen LogP contribution in [-0.2, 0) is 28.3 Å². The molecule has 6 nitrogen and oxygen atoms in total. The van der Waals surface area contributed by atoms with Crippen molar-refractivity contribution in [2.45, 2.75) is 42.4 Å². The van der Waals surface area contributed by atoms with E-state index in [0.717, 1.165) is 29.6 Å². The Kier molecular flexibility index (Phi) is 7.43. The molecule has 12 heteroatoms. The molecule has 188 valence electrons. The SMILES string of the molecule is CN(c1cnc(S(=O)(=O)Cc2cscn2)c(F)c1C(F)(F)F)C1CCN(Cc2ccccc2)CC1. The molecule has 0 radical (unpaired) electrons. The van der Waals surface area contributed by atoms with E-state index in [1.807, 2.05) is 30.3 Å². The van der Waals surface area contributed by atoms with Gasteiger partial charge in [-0.2, -0.15) is 13.2 Å². The summed E-state index contributed by atoms with van der Waals surface area (Å²) >= 11 is 1.13. The molecule has 0 bridgehead atoms. The second kappa shape index (κ2) is 10.2. The Hall–Kier alpha value is -2.57. The zero-order chi connectivity index (χ0) is 25.2. The van der Waals surface area contributed by atoms with Crippen LogP contribution in [0.15, 0.2) is 52.4 Å². The number of piperidine rings is 1. The molecule has 0 N–H and O–H groups in total. The van der Waals surface area contributed by atoms with Crippen LogP contribution < -0.4 is 4.90 Å². The van der Waals surface area contributed by atoms with Crippen molar-refractivity contribution in [2.24, 2.45) is 0 Å². The van der Waals surface area contributed by atoms with Gasteiger partial charge in [0.15, 0.2) is 10.8 Å². The predicted molar refractivity (Wildman–Crippen MR) is 125 cm³/mol. The van der Waals surface area contributed by atoms with E-state index in [0.29, 0.717) is 25.9 Å². The van der Waals surface area contributed by atoms with Crippen molar-refractivity contribution in [3.8, 4) is 0 Å². The third-order valence-corrected chi connectivity index (χ3v) is 8.29. The largest absolute Gasteiger partial charge is 0.421 e. The molecule has 2 aromatic heterocycles. The summed E-state index contributed by atoms with van der Waals surface area (Å²) in [5.41, 5.74) is 0.578. The van der Waals surface area contributed by atoms with Gasteiger partial charge in [-0.25, -0.2) is 22.8 Å². The van der Waals surface area contributed by atoms with E-state index in [2.05, 4.69) is 14.9 Å². The number of nitrogens with zero attached hydrogens (tertiary/aromatic N) is 4. The fourth-order valence-electron chi connectivity index (χ4n) is 4.29. The van der Waals surface area contributed by atoms with E-state index in [9.17, 15) is 21.6 Å². The fraction of sp³-hybridized carbons (Fsp3) is 0.391. The van der Waals surface area contributed by atoms with Gasteiger partial charge in [-0.05, 0) is 18.4 Å². The molecule has 35 heavy (non-hydrogen) atoms. The summed E-state index contributed by atoms with van der Waals surface area (Å²) in [5.74, 6) is -2.61. The van der Waals surface area contributed by atoms with Crippen LogP contribution in [0.4, 0.5) is 23.2 Å². The lowest BCUT2D eigenvalue weighted by molar-refractivity contribution is -0.139. The lowest BCUT2D eigenvalue weighted by atomic mass is 10.0. The van der Waals surface area contributed by atoms with Crippen molar-refractivity contribution in [1.29, 1.82) is 0 Å². The number of rotatable bonds is 7. The smallest absolute Gasteiger partial charge is 0.370 e.